The van der Waals surface area contributed by atoms with Crippen molar-refractivity contribution in [3.63, 3.8) is 0 Å². The summed E-state index contributed by atoms with van der Waals surface area (Å²) < 4.78 is 13.0. The van der Waals surface area contributed by atoms with Gasteiger partial charge < -0.3 is 20.5 Å². The van der Waals surface area contributed by atoms with E-state index in [1.807, 2.05) is 17.9 Å². The number of likely N-dealkylation sites (tertiary alicyclic amines) is 1. The second-order valence-electron chi connectivity index (χ2n) is 8.68. The number of H-pyrrole nitrogens is 1. The molecule has 2 heterocycles. The van der Waals surface area contributed by atoms with Crippen LogP contribution in [0, 0.1) is 5.82 Å². The fraction of sp³-hybridized carbons (Fsp3) is 0.385. The van der Waals surface area contributed by atoms with Crippen LogP contribution in [0.15, 0.2) is 54.7 Å². The molecule has 1 unspecified atom stereocenters. The zero-order chi connectivity index (χ0) is 23.2. The molecule has 1 aromatic heterocycles. The standard InChI is InChI=1S/C26H31FN4O2/c1-2-5-24(30-26(33)29-16-18-8-10-20(27)11-9-18)25(32)31-14-12-19(13-15-31)22-17-28-23-7-4-3-6-21(22)23/h3-4,6-11,17,19,24,28H,2,5,12-16H2,1H3,(H2,29,30,33). The number of halogens is 1. The van der Waals surface area contributed by atoms with Gasteiger partial charge in [-0.15, -0.1) is 0 Å². The molecule has 33 heavy (non-hydrogen) atoms. The number of aromatic nitrogens is 1. The number of carbonyl (C=O) groups excluding carboxylic acids is 2. The van der Waals surface area contributed by atoms with Gasteiger partial charge in [0.15, 0.2) is 0 Å². The summed E-state index contributed by atoms with van der Waals surface area (Å²) in [4.78, 5) is 30.8. The molecular weight excluding hydrogens is 419 g/mol. The van der Waals surface area contributed by atoms with Gasteiger partial charge in [0.2, 0.25) is 5.91 Å². The third kappa shape index (κ3) is 5.53. The largest absolute Gasteiger partial charge is 0.361 e. The summed E-state index contributed by atoms with van der Waals surface area (Å²) >= 11 is 0. The van der Waals surface area contributed by atoms with Crippen LogP contribution < -0.4 is 10.6 Å². The van der Waals surface area contributed by atoms with Crippen LogP contribution in [0.4, 0.5) is 9.18 Å². The van der Waals surface area contributed by atoms with Gasteiger partial charge >= 0.3 is 6.03 Å². The Bertz CT molecular complexity index is 1090. The van der Waals surface area contributed by atoms with Gasteiger partial charge in [-0.2, -0.15) is 0 Å². The number of hydrogen-bond acceptors (Lipinski definition) is 2. The minimum Gasteiger partial charge on any atom is -0.361 e. The Balaban J connectivity index is 1.31. The molecule has 0 aliphatic carbocycles. The first-order chi connectivity index (χ1) is 16.0. The van der Waals surface area contributed by atoms with Gasteiger partial charge in [0.1, 0.15) is 11.9 Å². The van der Waals surface area contributed by atoms with E-state index in [2.05, 4.69) is 40.0 Å². The van der Waals surface area contributed by atoms with Crippen molar-refractivity contribution in [2.75, 3.05) is 13.1 Å². The summed E-state index contributed by atoms with van der Waals surface area (Å²) in [6.07, 6.45) is 5.29. The molecule has 1 aliphatic heterocycles. The molecule has 0 saturated carbocycles. The van der Waals surface area contributed by atoms with Crippen LogP contribution in [0.3, 0.4) is 0 Å². The maximum atomic E-state index is 13.2. The number of rotatable bonds is 7. The molecule has 1 aliphatic rings. The lowest BCUT2D eigenvalue weighted by Gasteiger charge is -2.34. The highest BCUT2D eigenvalue weighted by atomic mass is 19.1. The van der Waals surface area contributed by atoms with Gasteiger partial charge in [-0.25, -0.2) is 9.18 Å². The predicted octanol–water partition coefficient (Wildman–Crippen LogP) is 4.68. The zero-order valence-corrected chi connectivity index (χ0v) is 18.9. The quantitative estimate of drug-likeness (QED) is 0.489. The maximum absolute atomic E-state index is 13.2. The second kappa shape index (κ2) is 10.5. The van der Waals surface area contributed by atoms with Crippen LogP contribution in [0.1, 0.15) is 49.7 Å². The first-order valence-corrected chi connectivity index (χ1v) is 11.7. The maximum Gasteiger partial charge on any atom is 0.315 e. The van der Waals surface area contributed by atoms with Crippen LogP contribution in [0.2, 0.25) is 0 Å². The van der Waals surface area contributed by atoms with Gasteiger partial charge in [-0.05, 0) is 54.5 Å². The number of nitrogens with zero attached hydrogens (tertiary/aromatic N) is 1. The SMILES string of the molecule is CCCC(NC(=O)NCc1ccc(F)cc1)C(=O)N1CCC(c2c[nH]c3ccccc23)CC1. The third-order valence-electron chi connectivity index (χ3n) is 6.41. The average molecular weight is 451 g/mol. The normalized spacial score (nSPS) is 15.4. The Labute approximate surface area is 193 Å². The Morgan fingerprint density at radius 3 is 2.58 bits per heavy atom. The Kier molecular flexibility index (Phi) is 7.27. The molecular formula is C26H31FN4O2. The molecule has 4 rings (SSSR count). The van der Waals surface area contributed by atoms with E-state index in [-0.39, 0.29) is 24.3 Å². The summed E-state index contributed by atoms with van der Waals surface area (Å²) in [5.41, 5.74) is 3.26. The lowest BCUT2D eigenvalue weighted by atomic mass is 9.89. The van der Waals surface area contributed by atoms with Gasteiger partial charge in [0.05, 0.1) is 0 Å². The fourth-order valence-electron chi connectivity index (χ4n) is 4.60. The van der Waals surface area contributed by atoms with Crippen molar-refractivity contribution in [1.82, 2.24) is 20.5 Å². The number of hydrogen-bond donors (Lipinski definition) is 3. The van der Waals surface area contributed by atoms with E-state index in [4.69, 9.17) is 0 Å². The average Bonchev–Trinajstić information content (AvgIpc) is 3.27. The Morgan fingerprint density at radius 1 is 1.12 bits per heavy atom. The molecule has 1 fully saturated rings. The molecule has 7 heteroatoms. The summed E-state index contributed by atoms with van der Waals surface area (Å²) in [6.45, 7) is 3.64. The number of fused-ring (bicyclic) bond motifs is 1. The van der Waals surface area contributed by atoms with Gasteiger partial charge in [0, 0.05) is 36.7 Å². The molecule has 6 nitrogen and oxygen atoms in total. The number of nitrogens with one attached hydrogen (secondary N) is 3. The molecule has 174 valence electrons. The van der Waals surface area contributed by atoms with Crippen LogP contribution >= 0.6 is 0 Å². The summed E-state index contributed by atoms with van der Waals surface area (Å²) in [5.74, 6) is 0.0817. The van der Waals surface area contributed by atoms with Crippen molar-refractivity contribution in [2.45, 2.75) is 51.1 Å². The molecule has 0 spiro atoms. The molecule has 3 N–H and O–H groups in total. The number of urea groups is 1. The van der Waals surface area contributed by atoms with Crippen molar-refractivity contribution in [3.8, 4) is 0 Å². The minimum atomic E-state index is -0.548. The second-order valence-corrected chi connectivity index (χ2v) is 8.68. The number of carbonyl (C=O) groups is 2. The van der Waals surface area contributed by atoms with Crippen LogP contribution in [0.25, 0.3) is 10.9 Å². The first-order valence-electron chi connectivity index (χ1n) is 11.7. The third-order valence-corrected chi connectivity index (χ3v) is 6.41. The van der Waals surface area contributed by atoms with Crippen LogP contribution in [-0.2, 0) is 11.3 Å². The fourth-order valence-corrected chi connectivity index (χ4v) is 4.60. The number of aromatic amines is 1. The van der Waals surface area contributed by atoms with Crippen molar-refractivity contribution in [1.29, 1.82) is 0 Å². The van der Waals surface area contributed by atoms with Crippen molar-refractivity contribution in [2.24, 2.45) is 0 Å². The van der Waals surface area contributed by atoms with Crippen molar-refractivity contribution in [3.05, 3.63) is 71.7 Å². The van der Waals surface area contributed by atoms with Gasteiger partial charge in [-0.1, -0.05) is 43.7 Å². The lowest BCUT2D eigenvalue weighted by molar-refractivity contribution is -0.134. The topological polar surface area (TPSA) is 77.2 Å². The summed E-state index contributed by atoms with van der Waals surface area (Å²) in [6, 6.07) is 13.3. The highest BCUT2D eigenvalue weighted by Crippen LogP contribution is 2.33. The Hall–Kier alpha value is -3.35. The number of benzene rings is 2. The minimum absolute atomic E-state index is 0.0221. The van der Waals surface area contributed by atoms with E-state index in [0.29, 0.717) is 25.4 Å². The molecule has 2 aromatic carbocycles. The van der Waals surface area contributed by atoms with E-state index in [1.54, 1.807) is 12.1 Å². The molecule has 1 atom stereocenters. The molecule has 3 amide bonds. The summed E-state index contributed by atoms with van der Waals surface area (Å²) in [5, 5.41) is 6.86. The summed E-state index contributed by atoms with van der Waals surface area (Å²) in [7, 11) is 0. The van der Waals surface area contributed by atoms with Gasteiger partial charge in [-0.3, -0.25) is 4.79 Å². The molecule has 0 bridgehead atoms. The number of piperidine rings is 1. The highest BCUT2D eigenvalue weighted by Gasteiger charge is 2.30. The number of para-hydroxylation sites is 1. The Morgan fingerprint density at radius 2 is 1.85 bits per heavy atom. The zero-order valence-electron chi connectivity index (χ0n) is 18.9. The van der Waals surface area contributed by atoms with E-state index in [1.165, 1.54) is 23.1 Å². The van der Waals surface area contributed by atoms with E-state index in [0.717, 1.165) is 30.3 Å². The van der Waals surface area contributed by atoms with Crippen LogP contribution in [-0.4, -0.2) is 41.0 Å². The molecule has 1 saturated heterocycles. The smallest absolute Gasteiger partial charge is 0.315 e. The highest BCUT2D eigenvalue weighted by molar-refractivity contribution is 5.87. The molecule has 0 radical (unpaired) electrons. The predicted molar refractivity (Wildman–Crippen MR) is 127 cm³/mol. The molecule has 3 aromatic rings. The monoisotopic (exact) mass is 450 g/mol. The van der Waals surface area contributed by atoms with E-state index in [9.17, 15) is 14.0 Å². The number of amides is 3. The van der Waals surface area contributed by atoms with Gasteiger partial charge in [0.25, 0.3) is 0 Å². The van der Waals surface area contributed by atoms with Crippen molar-refractivity contribution >= 4 is 22.8 Å². The van der Waals surface area contributed by atoms with Crippen LogP contribution in [0.5, 0.6) is 0 Å². The lowest BCUT2D eigenvalue weighted by Crippen LogP contribution is -2.52. The van der Waals surface area contributed by atoms with E-state index >= 15 is 0 Å². The first kappa shape index (κ1) is 22.8. The van der Waals surface area contributed by atoms with E-state index < -0.39 is 6.04 Å². The van der Waals surface area contributed by atoms with Crippen molar-refractivity contribution < 1.29 is 14.0 Å².